The first-order valence-electron chi connectivity index (χ1n) is 9.32. The first-order valence-corrected chi connectivity index (χ1v) is 11.3. The van der Waals surface area contributed by atoms with Crippen LogP contribution >= 0.6 is 51.3 Å². The number of carbonyl (C=O) groups excluding carboxylic acids is 1. The molecule has 0 spiro atoms. The maximum absolute atomic E-state index is 13.0. The van der Waals surface area contributed by atoms with Crippen molar-refractivity contribution in [3.05, 3.63) is 68.3 Å². The molecule has 0 aliphatic carbocycles. The van der Waals surface area contributed by atoms with Crippen LogP contribution in [0.5, 0.6) is 0 Å². The summed E-state index contributed by atoms with van der Waals surface area (Å²) in [5.41, 5.74) is 2.05. The average Bonchev–Trinajstić information content (AvgIpc) is 3.35. The molecule has 0 aliphatic rings. The lowest BCUT2D eigenvalue weighted by molar-refractivity contribution is 0.0970. The fraction of sp³-hybridized carbons (Fsp3) is 0.100. The van der Waals surface area contributed by atoms with Gasteiger partial charge in [0.2, 0.25) is 11.8 Å². The number of hydrogen-bond acceptors (Lipinski definition) is 7. The number of aryl methyl sites for hydroxylation is 2. The largest absolute Gasteiger partial charge is 0.421 e. The number of benzene rings is 1. The number of anilines is 1. The first kappa shape index (κ1) is 23.3. The number of aromatic nitrogens is 5. The van der Waals surface area contributed by atoms with E-state index in [1.807, 2.05) is 6.92 Å². The summed E-state index contributed by atoms with van der Waals surface area (Å²) in [5.74, 6) is 0.448. The van der Waals surface area contributed by atoms with E-state index in [9.17, 15) is 4.79 Å². The summed E-state index contributed by atoms with van der Waals surface area (Å²) in [6.07, 6.45) is 1.55. The Morgan fingerprint density at radius 3 is 2.70 bits per heavy atom. The Labute approximate surface area is 211 Å². The number of halogens is 3. The molecule has 3 aromatic heterocycles. The number of nitrogens with zero attached hydrogens (tertiary/aromatic N) is 5. The van der Waals surface area contributed by atoms with Gasteiger partial charge in [-0.3, -0.25) is 10.1 Å². The molecule has 0 aliphatic heterocycles. The van der Waals surface area contributed by atoms with Crippen LogP contribution in [0.15, 0.2) is 45.5 Å². The van der Waals surface area contributed by atoms with Crippen molar-refractivity contribution in [2.75, 3.05) is 5.32 Å². The summed E-state index contributed by atoms with van der Waals surface area (Å²) in [5, 5.41) is 18.7. The van der Waals surface area contributed by atoms with E-state index >= 15 is 0 Å². The van der Waals surface area contributed by atoms with Gasteiger partial charge in [-0.1, -0.05) is 23.2 Å². The van der Waals surface area contributed by atoms with Gasteiger partial charge in [-0.25, -0.2) is 9.67 Å². The molecule has 3 heterocycles. The zero-order valence-corrected chi connectivity index (χ0v) is 21.0. The van der Waals surface area contributed by atoms with Crippen molar-refractivity contribution in [2.45, 2.75) is 13.8 Å². The highest BCUT2D eigenvalue weighted by molar-refractivity contribution is 9.10. The minimum Gasteiger partial charge on any atom is -0.421 e. The van der Waals surface area contributed by atoms with E-state index in [0.29, 0.717) is 37.6 Å². The number of carbonyl (C=O) groups is 1. The lowest BCUT2D eigenvalue weighted by Gasteiger charge is -2.15. The molecule has 0 saturated carbocycles. The van der Waals surface area contributed by atoms with Crippen molar-refractivity contribution >= 4 is 68.1 Å². The fourth-order valence-corrected chi connectivity index (χ4v) is 4.05. The van der Waals surface area contributed by atoms with E-state index < -0.39 is 5.91 Å². The summed E-state index contributed by atoms with van der Waals surface area (Å²) >= 11 is 21.1. The van der Waals surface area contributed by atoms with Crippen molar-refractivity contribution in [3.63, 3.8) is 0 Å². The minimum absolute atomic E-state index is 0.0406. The highest BCUT2D eigenvalue weighted by Crippen LogP contribution is 2.33. The molecular weight excluding hydrogens is 553 g/mol. The van der Waals surface area contributed by atoms with E-state index in [2.05, 4.69) is 46.8 Å². The SMILES string of the molecule is Cc1nnc(-c2cc(Cl)cc(C)c2NC(=S)NC(=O)c2cc(Br)nn2-c2ncccc2Cl)o1. The van der Waals surface area contributed by atoms with Crippen LogP contribution in [0.4, 0.5) is 5.69 Å². The maximum atomic E-state index is 13.0. The molecule has 33 heavy (non-hydrogen) atoms. The van der Waals surface area contributed by atoms with Gasteiger partial charge < -0.3 is 9.73 Å². The average molecular weight is 567 g/mol. The molecular formula is C20H14BrCl2N7O2S. The topological polar surface area (TPSA) is 111 Å². The Bertz CT molecular complexity index is 1390. The van der Waals surface area contributed by atoms with Crippen molar-refractivity contribution in [3.8, 4) is 17.3 Å². The predicted octanol–water partition coefficient (Wildman–Crippen LogP) is 5.13. The van der Waals surface area contributed by atoms with E-state index in [4.69, 9.17) is 39.8 Å². The molecule has 0 atom stereocenters. The molecule has 2 N–H and O–H groups in total. The van der Waals surface area contributed by atoms with Crippen molar-refractivity contribution in [2.24, 2.45) is 0 Å². The summed E-state index contributed by atoms with van der Waals surface area (Å²) < 4.78 is 7.29. The Kier molecular flexibility index (Phi) is 6.75. The van der Waals surface area contributed by atoms with Gasteiger partial charge in [0.05, 0.1) is 16.3 Å². The number of hydrogen-bond donors (Lipinski definition) is 2. The summed E-state index contributed by atoms with van der Waals surface area (Å²) in [7, 11) is 0. The second-order valence-corrected chi connectivity index (χ2v) is 8.82. The van der Waals surface area contributed by atoms with Crippen molar-refractivity contribution in [1.82, 2.24) is 30.3 Å². The monoisotopic (exact) mass is 565 g/mol. The van der Waals surface area contributed by atoms with E-state index in [-0.39, 0.29) is 16.7 Å². The number of thiocarbonyl (C=S) groups is 1. The smallest absolute Gasteiger partial charge is 0.276 e. The summed E-state index contributed by atoms with van der Waals surface area (Å²) in [6.45, 7) is 3.52. The molecule has 0 bridgehead atoms. The molecule has 9 nitrogen and oxygen atoms in total. The lowest BCUT2D eigenvalue weighted by Crippen LogP contribution is -2.35. The molecule has 4 rings (SSSR count). The maximum Gasteiger partial charge on any atom is 0.276 e. The summed E-state index contributed by atoms with van der Waals surface area (Å²) in [4.78, 5) is 17.2. The normalized spacial score (nSPS) is 10.8. The van der Waals surface area contributed by atoms with E-state index in [1.165, 1.54) is 10.7 Å². The molecule has 1 amide bonds. The van der Waals surface area contributed by atoms with E-state index in [0.717, 1.165) is 5.56 Å². The van der Waals surface area contributed by atoms with Crippen LogP contribution in [0.1, 0.15) is 21.9 Å². The Hall–Kier alpha value is -2.86. The molecule has 0 saturated heterocycles. The minimum atomic E-state index is -0.519. The van der Waals surface area contributed by atoms with Gasteiger partial charge in [-0.05, 0) is 64.9 Å². The number of rotatable bonds is 4. The van der Waals surface area contributed by atoms with Crippen molar-refractivity contribution in [1.29, 1.82) is 0 Å². The Morgan fingerprint density at radius 2 is 2.00 bits per heavy atom. The molecule has 168 valence electrons. The zero-order valence-electron chi connectivity index (χ0n) is 17.1. The fourth-order valence-electron chi connectivity index (χ4n) is 3.00. The van der Waals surface area contributed by atoms with Crippen molar-refractivity contribution < 1.29 is 9.21 Å². The van der Waals surface area contributed by atoms with Gasteiger partial charge in [-0.2, -0.15) is 5.10 Å². The van der Waals surface area contributed by atoms with Gasteiger partial charge in [0, 0.05) is 24.2 Å². The van der Waals surface area contributed by atoms with Crippen LogP contribution in [0.25, 0.3) is 17.3 Å². The molecule has 1 aromatic carbocycles. The third-order valence-electron chi connectivity index (χ3n) is 4.37. The molecule has 0 fully saturated rings. The van der Waals surface area contributed by atoms with Gasteiger partial charge in [0.15, 0.2) is 10.9 Å². The first-order chi connectivity index (χ1) is 15.7. The highest BCUT2D eigenvalue weighted by atomic mass is 79.9. The van der Waals surface area contributed by atoms with Crippen LogP contribution in [0.2, 0.25) is 10.0 Å². The number of pyridine rings is 1. The number of nitrogens with one attached hydrogen (secondary N) is 2. The van der Waals surface area contributed by atoms with Crippen LogP contribution < -0.4 is 10.6 Å². The Balaban J connectivity index is 1.60. The highest BCUT2D eigenvalue weighted by Gasteiger charge is 2.21. The third kappa shape index (κ3) is 5.06. The van der Waals surface area contributed by atoms with Gasteiger partial charge in [0.1, 0.15) is 10.3 Å². The second-order valence-electron chi connectivity index (χ2n) is 6.75. The zero-order chi connectivity index (χ0) is 23.7. The lowest BCUT2D eigenvalue weighted by atomic mass is 10.1. The summed E-state index contributed by atoms with van der Waals surface area (Å²) in [6, 6.07) is 8.28. The number of amides is 1. The molecule has 4 aromatic rings. The standard InChI is InChI=1S/C20H14BrCl2N7O2S/c1-9-6-11(22)7-12(19-28-27-10(2)32-19)16(9)25-20(33)26-18(31)14-8-15(21)29-30(14)17-13(23)4-3-5-24-17/h3-8H,1-2H3,(H2,25,26,31,33). The molecule has 13 heteroatoms. The van der Waals surface area contributed by atoms with Gasteiger partial charge in [-0.15, -0.1) is 10.2 Å². The quantitative estimate of drug-likeness (QED) is 0.327. The van der Waals surface area contributed by atoms with Gasteiger partial charge in [0.25, 0.3) is 5.91 Å². The Morgan fingerprint density at radius 1 is 1.21 bits per heavy atom. The van der Waals surface area contributed by atoms with Gasteiger partial charge >= 0.3 is 0 Å². The van der Waals surface area contributed by atoms with Crippen LogP contribution in [-0.2, 0) is 0 Å². The van der Waals surface area contributed by atoms with Crippen LogP contribution in [-0.4, -0.2) is 36.0 Å². The second kappa shape index (κ2) is 9.56. The molecule has 0 unspecified atom stereocenters. The van der Waals surface area contributed by atoms with Crippen LogP contribution in [0.3, 0.4) is 0 Å². The van der Waals surface area contributed by atoms with E-state index in [1.54, 1.807) is 37.4 Å². The molecule has 0 radical (unpaired) electrons. The van der Waals surface area contributed by atoms with Crippen LogP contribution in [0, 0.1) is 13.8 Å². The predicted molar refractivity (Wildman–Crippen MR) is 132 cm³/mol. The third-order valence-corrected chi connectivity index (χ3v) is 5.48.